The average Bonchev–Trinajstić information content (AvgIpc) is 2.41. The molecule has 0 bridgehead atoms. The molecular formula is C12H18O2. The molecule has 1 aromatic heterocycles. The van der Waals surface area contributed by atoms with Gasteiger partial charge in [0.1, 0.15) is 11.5 Å². The fraction of sp³-hybridized carbons (Fsp3) is 0.583. The van der Waals surface area contributed by atoms with Crippen LogP contribution in [0.5, 0.6) is 0 Å². The van der Waals surface area contributed by atoms with Crippen molar-refractivity contribution >= 4 is 5.78 Å². The van der Waals surface area contributed by atoms with Crippen LogP contribution in [0.1, 0.15) is 48.6 Å². The lowest BCUT2D eigenvalue weighted by molar-refractivity contribution is 0.0974. The molecule has 78 valence electrons. The first kappa shape index (κ1) is 11.0. The number of hydrogen-bond donors (Lipinski definition) is 0. The third-order valence-corrected chi connectivity index (χ3v) is 2.29. The van der Waals surface area contributed by atoms with Gasteiger partial charge < -0.3 is 4.42 Å². The minimum atomic E-state index is 0.202. The number of furan rings is 1. The number of ketones is 1. The molecule has 0 N–H and O–H groups in total. The third-order valence-electron chi connectivity index (χ3n) is 2.29. The highest BCUT2D eigenvalue weighted by atomic mass is 16.3. The molecule has 0 saturated carbocycles. The van der Waals surface area contributed by atoms with Crippen molar-refractivity contribution in [2.24, 2.45) is 5.92 Å². The van der Waals surface area contributed by atoms with Gasteiger partial charge in [-0.25, -0.2) is 0 Å². The van der Waals surface area contributed by atoms with Gasteiger partial charge in [0.25, 0.3) is 0 Å². The van der Waals surface area contributed by atoms with Gasteiger partial charge in [-0.1, -0.05) is 13.8 Å². The lowest BCUT2D eigenvalue weighted by atomic mass is 10.0. The number of carbonyl (C=O) groups is 1. The number of rotatable bonds is 4. The predicted octanol–water partition coefficient (Wildman–Crippen LogP) is 3.52. The molecule has 0 fully saturated rings. The lowest BCUT2D eigenvalue weighted by Gasteiger charge is -2.02. The summed E-state index contributed by atoms with van der Waals surface area (Å²) in [7, 11) is 0. The van der Waals surface area contributed by atoms with Crippen molar-refractivity contribution in [1.29, 1.82) is 0 Å². The molecule has 0 saturated heterocycles. The second-order valence-corrected chi connectivity index (χ2v) is 4.18. The first-order chi connectivity index (χ1) is 6.50. The molecule has 0 unspecified atom stereocenters. The summed E-state index contributed by atoms with van der Waals surface area (Å²) in [6, 6.07) is 1.83. The molecular weight excluding hydrogens is 176 g/mol. The van der Waals surface area contributed by atoms with Crippen LogP contribution in [0.4, 0.5) is 0 Å². The van der Waals surface area contributed by atoms with E-state index in [2.05, 4.69) is 13.8 Å². The Morgan fingerprint density at radius 1 is 1.43 bits per heavy atom. The smallest absolute Gasteiger partial charge is 0.166 e. The van der Waals surface area contributed by atoms with E-state index in [0.717, 1.165) is 23.5 Å². The maximum atomic E-state index is 11.7. The standard InChI is InChI=1S/C12H18O2/c1-8(2)5-6-12(13)11-7-9(3)14-10(11)4/h7-8H,5-6H2,1-4H3. The maximum Gasteiger partial charge on any atom is 0.166 e. The molecule has 14 heavy (non-hydrogen) atoms. The Morgan fingerprint density at radius 3 is 2.50 bits per heavy atom. The maximum absolute atomic E-state index is 11.7. The molecule has 1 heterocycles. The molecule has 2 heteroatoms. The van der Waals surface area contributed by atoms with Crippen LogP contribution in [0.3, 0.4) is 0 Å². The van der Waals surface area contributed by atoms with E-state index in [-0.39, 0.29) is 5.78 Å². The second kappa shape index (κ2) is 4.45. The van der Waals surface area contributed by atoms with Crippen molar-refractivity contribution in [3.63, 3.8) is 0 Å². The number of carbonyl (C=O) groups excluding carboxylic acids is 1. The van der Waals surface area contributed by atoms with Crippen molar-refractivity contribution in [1.82, 2.24) is 0 Å². The van der Waals surface area contributed by atoms with E-state index in [1.807, 2.05) is 19.9 Å². The summed E-state index contributed by atoms with van der Waals surface area (Å²) >= 11 is 0. The van der Waals surface area contributed by atoms with Gasteiger partial charge in [-0.15, -0.1) is 0 Å². The van der Waals surface area contributed by atoms with Gasteiger partial charge in [0.05, 0.1) is 5.56 Å². The molecule has 0 spiro atoms. The Hall–Kier alpha value is -1.05. The Labute approximate surface area is 85.3 Å². The molecule has 0 aromatic carbocycles. The van der Waals surface area contributed by atoms with E-state index in [9.17, 15) is 4.79 Å². The van der Waals surface area contributed by atoms with Crippen LogP contribution in [-0.4, -0.2) is 5.78 Å². The van der Waals surface area contributed by atoms with Gasteiger partial charge >= 0.3 is 0 Å². The SMILES string of the molecule is Cc1cc(C(=O)CCC(C)C)c(C)o1. The summed E-state index contributed by atoms with van der Waals surface area (Å²) in [5.74, 6) is 2.34. The van der Waals surface area contributed by atoms with Crippen LogP contribution in [0.2, 0.25) is 0 Å². The molecule has 0 aliphatic heterocycles. The van der Waals surface area contributed by atoms with Crippen LogP contribution in [0.25, 0.3) is 0 Å². The average molecular weight is 194 g/mol. The summed E-state index contributed by atoms with van der Waals surface area (Å²) in [4.78, 5) is 11.7. The van der Waals surface area contributed by atoms with Crippen molar-refractivity contribution in [3.8, 4) is 0 Å². The highest BCUT2D eigenvalue weighted by Gasteiger charge is 2.13. The van der Waals surface area contributed by atoms with Gasteiger partial charge in [0.15, 0.2) is 5.78 Å². The number of aryl methyl sites for hydroxylation is 2. The Kier molecular flexibility index (Phi) is 3.50. The molecule has 1 aromatic rings. The molecule has 1 rings (SSSR count). The zero-order valence-corrected chi connectivity index (χ0v) is 9.39. The minimum absolute atomic E-state index is 0.202. The highest BCUT2D eigenvalue weighted by Crippen LogP contribution is 2.17. The first-order valence-corrected chi connectivity index (χ1v) is 5.11. The molecule has 0 aliphatic rings. The summed E-state index contributed by atoms with van der Waals surface area (Å²) in [5.41, 5.74) is 0.753. The monoisotopic (exact) mass is 194 g/mol. The summed E-state index contributed by atoms with van der Waals surface area (Å²) < 4.78 is 5.32. The first-order valence-electron chi connectivity index (χ1n) is 5.11. The minimum Gasteiger partial charge on any atom is -0.466 e. The van der Waals surface area contributed by atoms with Gasteiger partial charge in [-0.05, 0) is 32.3 Å². The van der Waals surface area contributed by atoms with Crippen LogP contribution in [0.15, 0.2) is 10.5 Å². The summed E-state index contributed by atoms with van der Waals surface area (Å²) in [6.45, 7) is 7.96. The van der Waals surface area contributed by atoms with Gasteiger partial charge in [-0.2, -0.15) is 0 Å². The van der Waals surface area contributed by atoms with Crippen molar-refractivity contribution in [3.05, 3.63) is 23.2 Å². The molecule has 0 aliphatic carbocycles. The molecule has 0 atom stereocenters. The topological polar surface area (TPSA) is 30.2 Å². The van der Waals surface area contributed by atoms with Crippen molar-refractivity contribution in [2.75, 3.05) is 0 Å². The van der Waals surface area contributed by atoms with Crippen LogP contribution < -0.4 is 0 Å². The van der Waals surface area contributed by atoms with Crippen LogP contribution in [0, 0.1) is 19.8 Å². The summed E-state index contributed by atoms with van der Waals surface area (Å²) in [5, 5.41) is 0. The lowest BCUT2D eigenvalue weighted by Crippen LogP contribution is -2.01. The van der Waals surface area contributed by atoms with Gasteiger partial charge in [0.2, 0.25) is 0 Å². The zero-order chi connectivity index (χ0) is 10.7. The third kappa shape index (κ3) is 2.72. The van der Waals surface area contributed by atoms with Crippen molar-refractivity contribution < 1.29 is 9.21 Å². The Bertz CT molecular complexity index is 321. The quantitative estimate of drug-likeness (QED) is 0.686. The Balaban J connectivity index is 2.65. The fourth-order valence-corrected chi connectivity index (χ4v) is 1.46. The van der Waals surface area contributed by atoms with E-state index in [4.69, 9.17) is 4.42 Å². The fourth-order valence-electron chi connectivity index (χ4n) is 1.46. The van der Waals surface area contributed by atoms with Crippen molar-refractivity contribution in [2.45, 2.75) is 40.5 Å². The Morgan fingerprint density at radius 2 is 2.07 bits per heavy atom. The molecule has 2 nitrogen and oxygen atoms in total. The molecule has 0 radical (unpaired) electrons. The van der Waals surface area contributed by atoms with Gasteiger partial charge in [-0.3, -0.25) is 4.79 Å². The predicted molar refractivity (Wildman–Crippen MR) is 56.6 cm³/mol. The number of hydrogen-bond acceptors (Lipinski definition) is 2. The normalized spacial score (nSPS) is 10.9. The highest BCUT2D eigenvalue weighted by molar-refractivity contribution is 5.97. The molecule has 0 amide bonds. The summed E-state index contributed by atoms with van der Waals surface area (Å²) in [6.07, 6.45) is 1.57. The second-order valence-electron chi connectivity index (χ2n) is 4.18. The van der Waals surface area contributed by atoms with E-state index in [0.29, 0.717) is 12.3 Å². The number of Topliss-reactive ketones (excluding diaryl/α,β-unsaturated/α-hetero) is 1. The van der Waals surface area contributed by atoms with E-state index < -0.39 is 0 Å². The van der Waals surface area contributed by atoms with Crippen LogP contribution in [-0.2, 0) is 0 Å². The van der Waals surface area contributed by atoms with E-state index in [1.54, 1.807) is 0 Å². The van der Waals surface area contributed by atoms with Crippen LogP contribution >= 0.6 is 0 Å². The van der Waals surface area contributed by atoms with Gasteiger partial charge in [0, 0.05) is 6.42 Å². The van der Waals surface area contributed by atoms with E-state index >= 15 is 0 Å². The zero-order valence-electron chi connectivity index (χ0n) is 9.39. The van der Waals surface area contributed by atoms with E-state index in [1.165, 1.54) is 0 Å². The largest absolute Gasteiger partial charge is 0.466 e.